The lowest BCUT2D eigenvalue weighted by Gasteiger charge is -2.68. The van der Waals surface area contributed by atoms with Crippen LogP contribution < -0.4 is 0 Å². The Bertz CT molecular complexity index is 1130. The summed E-state index contributed by atoms with van der Waals surface area (Å²) in [5.41, 5.74) is -3.12. The Kier molecular flexibility index (Phi) is 3.97. The highest BCUT2D eigenvalue weighted by molar-refractivity contribution is 5.40. The van der Waals surface area contributed by atoms with Gasteiger partial charge in [-0.05, 0) is 18.6 Å². The number of fused-ring (bicyclic) bond motifs is 2. The fourth-order valence-electron chi connectivity index (χ4n) is 8.99. The summed E-state index contributed by atoms with van der Waals surface area (Å²) in [5, 5.41) is 36.8. The molecule has 0 aromatic carbocycles. The molecule has 3 N–H and O–H groups in total. The van der Waals surface area contributed by atoms with Crippen LogP contribution in [0.4, 0.5) is 0 Å². The van der Waals surface area contributed by atoms with Crippen LogP contribution in [-0.4, -0.2) is 56.1 Å². The van der Waals surface area contributed by atoms with Crippen molar-refractivity contribution in [1.82, 2.24) is 0 Å². The van der Waals surface area contributed by atoms with Gasteiger partial charge in [-0.15, -0.1) is 0 Å². The standard InChI is InChI=1S/C27H36O8/c1-14(2)25-10-17-22(6,18(32-25)16-7-8-31-11-16)12-23(28)13-24(17)20(34-25)26(29)19(33-23)21(4,5)9-15(3)27(26,30)35-24/h7-9,11,14,17-20,28-30H,10,12-13H2,1-6H3. The first-order valence-electron chi connectivity index (χ1n) is 12.8. The average Bonchev–Trinajstić information content (AvgIpc) is 3.31. The second-order valence-electron chi connectivity index (χ2n) is 13.3. The van der Waals surface area contributed by atoms with E-state index in [1.807, 2.05) is 26.0 Å². The van der Waals surface area contributed by atoms with Crippen LogP contribution in [0.25, 0.3) is 0 Å². The number of aliphatic hydroxyl groups is 3. The van der Waals surface area contributed by atoms with Crippen LogP contribution in [-0.2, 0) is 18.9 Å². The molecule has 10 atom stereocenters. The molecule has 0 radical (unpaired) electrons. The maximum atomic E-state index is 12.6. The lowest BCUT2D eigenvalue weighted by molar-refractivity contribution is -0.443. The molecule has 7 rings (SSSR count). The van der Waals surface area contributed by atoms with E-state index in [4.69, 9.17) is 23.4 Å². The van der Waals surface area contributed by atoms with E-state index in [1.54, 1.807) is 19.5 Å². The Morgan fingerprint density at radius 1 is 1.00 bits per heavy atom. The van der Waals surface area contributed by atoms with Gasteiger partial charge in [-0.25, -0.2) is 0 Å². The Balaban J connectivity index is 1.54. The van der Waals surface area contributed by atoms with Gasteiger partial charge in [0, 0.05) is 47.5 Å². The second kappa shape index (κ2) is 6.07. The van der Waals surface area contributed by atoms with Crippen molar-refractivity contribution in [3.05, 3.63) is 35.8 Å². The van der Waals surface area contributed by atoms with Crippen LogP contribution in [0.3, 0.4) is 0 Å². The van der Waals surface area contributed by atoms with Gasteiger partial charge in [0.05, 0.1) is 18.6 Å². The van der Waals surface area contributed by atoms with E-state index in [-0.39, 0.29) is 24.7 Å². The minimum absolute atomic E-state index is 0.0501. The van der Waals surface area contributed by atoms with Gasteiger partial charge in [0.1, 0.15) is 17.8 Å². The fraction of sp³-hybridized carbons (Fsp3) is 0.778. The second-order valence-corrected chi connectivity index (χ2v) is 13.3. The van der Waals surface area contributed by atoms with Crippen molar-refractivity contribution in [2.75, 3.05) is 0 Å². The largest absolute Gasteiger partial charge is 0.472 e. The van der Waals surface area contributed by atoms with Crippen molar-refractivity contribution in [2.24, 2.45) is 22.7 Å². The van der Waals surface area contributed by atoms with Crippen LogP contribution in [0.5, 0.6) is 0 Å². The normalized spacial score (nSPS) is 57.3. The molecule has 0 amide bonds. The van der Waals surface area contributed by atoms with Crippen LogP contribution in [0.2, 0.25) is 0 Å². The van der Waals surface area contributed by atoms with E-state index >= 15 is 0 Å². The Morgan fingerprint density at radius 3 is 2.40 bits per heavy atom. The molecule has 10 unspecified atom stereocenters. The van der Waals surface area contributed by atoms with Crippen LogP contribution >= 0.6 is 0 Å². The molecular weight excluding hydrogens is 452 g/mol. The summed E-state index contributed by atoms with van der Waals surface area (Å²) in [6.07, 6.45) is 3.68. The zero-order chi connectivity index (χ0) is 25.0. The zero-order valence-corrected chi connectivity index (χ0v) is 21.2. The van der Waals surface area contributed by atoms with Gasteiger partial charge in [0.15, 0.2) is 17.2 Å². The molecular formula is C27H36O8. The number of rotatable bonds is 2. The molecule has 4 aliphatic heterocycles. The van der Waals surface area contributed by atoms with Crippen LogP contribution in [0, 0.1) is 22.7 Å². The van der Waals surface area contributed by atoms with Crippen molar-refractivity contribution in [1.29, 1.82) is 0 Å². The Hall–Kier alpha value is -1.26. The molecule has 5 bridgehead atoms. The van der Waals surface area contributed by atoms with Gasteiger partial charge in [0.25, 0.3) is 0 Å². The van der Waals surface area contributed by atoms with E-state index in [1.165, 1.54) is 0 Å². The highest BCUT2D eigenvalue weighted by Crippen LogP contribution is 2.76. The van der Waals surface area contributed by atoms with Crippen molar-refractivity contribution in [2.45, 2.75) is 108 Å². The molecule has 1 aromatic heterocycles. The number of ether oxygens (including phenoxy) is 4. The molecule has 1 spiro atoms. The molecule has 1 aromatic rings. The molecule has 1 saturated carbocycles. The third-order valence-corrected chi connectivity index (χ3v) is 10.3. The van der Waals surface area contributed by atoms with Gasteiger partial charge >= 0.3 is 0 Å². The van der Waals surface area contributed by atoms with E-state index in [9.17, 15) is 15.3 Å². The molecule has 5 heterocycles. The predicted octanol–water partition coefficient (Wildman–Crippen LogP) is 3.17. The van der Waals surface area contributed by atoms with E-state index in [2.05, 4.69) is 20.8 Å². The van der Waals surface area contributed by atoms with E-state index < -0.39 is 57.7 Å². The monoisotopic (exact) mass is 488 g/mol. The summed E-state index contributed by atoms with van der Waals surface area (Å²) in [4.78, 5) is 0. The summed E-state index contributed by atoms with van der Waals surface area (Å²) in [7, 11) is 0. The molecule has 192 valence electrons. The molecule has 35 heavy (non-hydrogen) atoms. The van der Waals surface area contributed by atoms with Gasteiger partial charge < -0.3 is 38.7 Å². The Labute approximate surface area is 205 Å². The first kappa shape index (κ1) is 22.9. The maximum Gasteiger partial charge on any atom is 0.223 e. The van der Waals surface area contributed by atoms with Gasteiger partial charge in [-0.1, -0.05) is 40.7 Å². The average molecular weight is 489 g/mol. The minimum Gasteiger partial charge on any atom is -0.472 e. The van der Waals surface area contributed by atoms with Crippen molar-refractivity contribution in [3.8, 4) is 0 Å². The van der Waals surface area contributed by atoms with E-state index in [0.29, 0.717) is 12.0 Å². The van der Waals surface area contributed by atoms with Gasteiger partial charge in [-0.3, -0.25) is 0 Å². The van der Waals surface area contributed by atoms with Crippen molar-refractivity contribution < 1.29 is 38.7 Å². The van der Waals surface area contributed by atoms with Gasteiger partial charge in [-0.2, -0.15) is 0 Å². The number of furan rings is 1. The van der Waals surface area contributed by atoms with Crippen LogP contribution in [0.1, 0.15) is 72.5 Å². The molecule has 8 nitrogen and oxygen atoms in total. The first-order valence-corrected chi connectivity index (χ1v) is 12.8. The van der Waals surface area contributed by atoms with Gasteiger partial charge in [0.2, 0.25) is 5.79 Å². The molecule has 8 heteroatoms. The summed E-state index contributed by atoms with van der Waals surface area (Å²) >= 11 is 0. The molecule has 5 fully saturated rings. The predicted molar refractivity (Wildman–Crippen MR) is 122 cm³/mol. The smallest absolute Gasteiger partial charge is 0.223 e. The molecule has 4 saturated heterocycles. The van der Waals surface area contributed by atoms with E-state index in [0.717, 1.165) is 5.56 Å². The summed E-state index contributed by atoms with van der Waals surface area (Å²) in [5.74, 6) is -4.89. The maximum absolute atomic E-state index is 12.6. The lowest BCUT2D eigenvalue weighted by Crippen LogP contribution is -2.75. The summed E-state index contributed by atoms with van der Waals surface area (Å²) < 4.78 is 32.5. The number of hydrogen-bond donors (Lipinski definition) is 3. The first-order chi connectivity index (χ1) is 16.2. The third kappa shape index (κ3) is 2.31. The van der Waals surface area contributed by atoms with Crippen molar-refractivity contribution >= 4 is 0 Å². The SMILES string of the molecule is CC1=CC(C)(C)C2OC3(O)CC4(C)C(c5ccoc5)OC5(C(C)C)CC4C4(C3)OC1(O)C2(O)C4O5. The van der Waals surface area contributed by atoms with Crippen LogP contribution in [0.15, 0.2) is 34.7 Å². The number of hydrogen-bond acceptors (Lipinski definition) is 8. The molecule has 6 aliphatic rings. The zero-order valence-electron chi connectivity index (χ0n) is 21.2. The highest BCUT2D eigenvalue weighted by atomic mass is 16.8. The quantitative estimate of drug-likeness (QED) is 0.545. The Morgan fingerprint density at radius 2 is 1.74 bits per heavy atom. The summed E-state index contributed by atoms with van der Waals surface area (Å²) in [6.45, 7) is 11.9. The lowest BCUT2D eigenvalue weighted by atomic mass is 9.49. The third-order valence-electron chi connectivity index (χ3n) is 10.3. The fourth-order valence-corrected chi connectivity index (χ4v) is 8.99. The minimum atomic E-state index is -2.02. The topological polar surface area (TPSA) is 111 Å². The highest BCUT2D eigenvalue weighted by Gasteiger charge is 2.88. The summed E-state index contributed by atoms with van der Waals surface area (Å²) in [6, 6.07) is 1.88. The van der Waals surface area contributed by atoms with Crippen molar-refractivity contribution in [3.63, 3.8) is 0 Å². The molecule has 2 aliphatic carbocycles.